The summed E-state index contributed by atoms with van der Waals surface area (Å²) in [5, 5.41) is 3.98. The van der Waals surface area contributed by atoms with Crippen LogP contribution < -0.4 is 5.32 Å². The van der Waals surface area contributed by atoms with Crippen LogP contribution in [0.5, 0.6) is 0 Å². The van der Waals surface area contributed by atoms with Crippen LogP contribution in [-0.2, 0) is 18.0 Å². The highest BCUT2D eigenvalue weighted by atomic mass is 28.4. The maximum atomic E-state index is 6.71. The predicted octanol–water partition coefficient (Wildman–Crippen LogP) is 3.84. The maximum Gasteiger partial charge on any atom is 0.192 e. The summed E-state index contributed by atoms with van der Waals surface area (Å²) in [6, 6.07) is 0.458. The number of nitrogens with one attached hydrogen (secondary N) is 1. The number of aryl methyl sites for hydroxylation is 1. The number of hydrogen-bond donors (Lipinski definition) is 1. The molecule has 5 heteroatoms. The van der Waals surface area contributed by atoms with Gasteiger partial charge in [0.25, 0.3) is 0 Å². The third-order valence-corrected chi connectivity index (χ3v) is 9.90. The molecule has 0 amide bonds. The summed E-state index contributed by atoms with van der Waals surface area (Å²) in [6.45, 7) is 12.5. The Balaban J connectivity index is 1.98. The van der Waals surface area contributed by atoms with Gasteiger partial charge >= 0.3 is 0 Å². The van der Waals surface area contributed by atoms with Crippen molar-refractivity contribution in [2.24, 2.45) is 7.05 Å². The predicted molar refractivity (Wildman–Crippen MR) is 94.4 cm³/mol. The fraction of sp³-hybridized carbons (Fsp3) is 0.824. The first kappa shape index (κ1) is 17.7. The molecule has 1 heterocycles. The van der Waals surface area contributed by atoms with E-state index in [1.807, 2.05) is 12.4 Å². The first-order valence-corrected chi connectivity index (χ1v) is 11.5. The minimum atomic E-state index is -1.70. The molecule has 0 radical (unpaired) electrons. The van der Waals surface area contributed by atoms with E-state index in [9.17, 15) is 0 Å². The molecule has 0 aliphatic heterocycles. The Morgan fingerprint density at radius 1 is 1.32 bits per heavy atom. The van der Waals surface area contributed by atoms with Gasteiger partial charge in [-0.3, -0.25) is 0 Å². The van der Waals surface area contributed by atoms with Crippen LogP contribution in [0.15, 0.2) is 12.4 Å². The number of imidazole rings is 1. The van der Waals surface area contributed by atoms with Gasteiger partial charge in [0.15, 0.2) is 8.32 Å². The highest BCUT2D eigenvalue weighted by Crippen LogP contribution is 2.39. The molecule has 4 nitrogen and oxygen atoms in total. The first-order valence-electron chi connectivity index (χ1n) is 8.58. The average Bonchev–Trinajstić information content (AvgIpc) is 2.81. The summed E-state index contributed by atoms with van der Waals surface area (Å²) < 4.78 is 8.79. The summed E-state index contributed by atoms with van der Waals surface area (Å²) in [4.78, 5) is 4.41. The lowest BCUT2D eigenvalue weighted by Gasteiger charge is -2.43. The van der Waals surface area contributed by atoms with E-state index in [1.165, 1.54) is 25.7 Å². The number of hydrogen-bond acceptors (Lipinski definition) is 3. The van der Waals surface area contributed by atoms with Crippen LogP contribution in [0.1, 0.15) is 52.3 Å². The van der Waals surface area contributed by atoms with Gasteiger partial charge in [-0.2, -0.15) is 0 Å². The second kappa shape index (κ2) is 6.85. The molecular formula is C17H33N3OSi. The lowest BCUT2D eigenvalue weighted by atomic mass is 9.92. The minimum Gasteiger partial charge on any atom is -0.412 e. The SMILES string of the molecule is Cn1ccnc1CN[C@H]1CCCC[C@@H]1O[Si](C)(C)C(C)(C)C. The fourth-order valence-electron chi connectivity index (χ4n) is 2.82. The van der Waals surface area contributed by atoms with E-state index in [0.29, 0.717) is 12.1 Å². The van der Waals surface area contributed by atoms with Gasteiger partial charge in [-0.05, 0) is 31.0 Å². The Kier molecular flexibility index (Phi) is 5.51. The molecule has 1 saturated carbocycles. The Morgan fingerprint density at radius 3 is 2.59 bits per heavy atom. The van der Waals surface area contributed by atoms with Crippen LogP contribution in [0.25, 0.3) is 0 Å². The molecule has 1 aliphatic rings. The molecule has 0 spiro atoms. The highest BCUT2D eigenvalue weighted by molar-refractivity contribution is 6.74. The van der Waals surface area contributed by atoms with Gasteiger partial charge in [-0.1, -0.05) is 33.6 Å². The molecule has 1 aromatic heterocycles. The Labute approximate surface area is 136 Å². The lowest BCUT2D eigenvalue weighted by Crippen LogP contribution is -2.51. The molecule has 0 saturated heterocycles. The van der Waals surface area contributed by atoms with Crippen molar-refractivity contribution in [1.29, 1.82) is 0 Å². The van der Waals surface area contributed by atoms with E-state index in [-0.39, 0.29) is 5.04 Å². The van der Waals surface area contributed by atoms with Gasteiger partial charge in [-0.15, -0.1) is 0 Å². The summed E-state index contributed by atoms with van der Waals surface area (Å²) in [5.41, 5.74) is 0. The van der Waals surface area contributed by atoms with E-state index in [1.54, 1.807) is 0 Å². The third-order valence-electron chi connectivity index (χ3n) is 5.40. The minimum absolute atomic E-state index is 0.272. The number of nitrogens with zero attached hydrogens (tertiary/aromatic N) is 2. The van der Waals surface area contributed by atoms with Crippen molar-refractivity contribution < 1.29 is 4.43 Å². The molecule has 0 bridgehead atoms. The summed E-state index contributed by atoms with van der Waals surface area (Å²) in [5.74, 6) is 1.09. The molecule has 2 rings (SSSR count). The molecular weight excluding hydrogens is 290 g/mol. The first-order chi connectivity index (χ1) is 10.2. The number of rotatable bonds is 5. The highest BCUT2D eigenvalue weighted by Gasteiger charge is 2.41. The second-order valence-corrected chi connectivity index (χ2v) is 12.9. The van der Waals surface area contributed by atoms with Crippen molar-refractivity contribution in [2.75, 3.05) is 0 Å². The van der Waals surface area contributed by atoms with Crippen LogP contribution in [0, 0.1) is 0 Å². The van der Waals surface area contributed by atoms with Crippen molar-refractivity contribution in [1.82, 2.24) is 14.9 Å². The van der Waals surface area contributed by atoms with Crippen molar-refractivity contribution in [3.05, 3.63) is 18.2 Å². The van der Waals surface area contributed by atoms with Crippen molar-refractivity contribution in [2.45, 2.75) is 83.3 Å². The normalized spacial score (nSPS) is 23.7. The molecule has 0 unspecified atom stereocenters. The zero-order valence-electron chi connectivity index (χ0n) is 15.1. The van der Waals surface area contributed by atoms with E-state index in [4.69, 9.17) is 4.43 Å². The van der Waals surface area contributed by atoms with Crippen LogP contribution in [0.4, 0.5) is 0 Å². The molecule has 22 heavy (non-hydrogen) atoms. The Hall–Kier alpha value is -0.653. The van der Waals surface area contributed by atoms with Gasteiger partial charge in [0.05, 0.1) is 12.6 Å². The molecule has 2 atom stereocenters. The Bertz CT molecular complexity index is 478. The molecule has 1 N–H and O–H groups in total. The van der Waals surface area contributed by atoms with E-state index in [0.717, 1.165) is 12.4 Å². The van der Waals surface area contributed by atoms with E-state index >= 15 is 0 Å². The van der Waals surface area contributed by atoms with E-state index < -0.39 is 8.32 Å². The zero-order valence-corrected chi connectivity index (χ0v) is 16.1. The van der Waals surface area contributed by atoms with Gasteiger partial charge < -0.3 is 14.3 Å². The summed E-state index contributed by atoms with van der Waals surface area (Å²) in [6.07, 6.45) is 9.21. The quantitative estimate of drug-likeness (QED) is 0.837. The van der Waals surface area contributed by atoms with Crippen molar-refractivity contribution in [3.8, 4) is 0 Å². The zero-order chi connectivity index (χ0) is 16.4. The maximum absolute atomic E-state index is 6.71. The monoisotopic (exact) mass is 323 g/mol. The summed E-state index contributed by atoms with van der Waals surface area (Å²) >= 11 is 0. The number of aromatic nitrogens is 2. The van der Waals surface area contributed by atoms with Crippen LogP contribution >= 0.6 is 0 Å². The molecule has 0 aromatic carbocycles. The van der Waals surface area contributed by atoms with Gasteiger partial charge in [-0.25, -0.2) is 4.98 Å². The van der Waals surface area contributed by atoms with Gasteiger partial charge in [0.1, 0.15) is 5.82 Å². The standard InChI is InChI=1S/C17H33N3OSi/c1-17(2,3)22(5,6)21-15-10-8-7-9-14(15)19-13-16-18-11-12-20(16)4/h11-12,14-15,19H,7-10,13H2,1-6H3/t14-,15-/m0/s1. The Morgan fingerprint density at radius 2 is 2.00 bits per heavy atom. The van der Waals surface area contributed by atoms with Crippen molar-refractivity contribution in [3.63, 3.8) is 0 Å². The van der Waals surface area contributed by atoms with Gasteiger partial charge in [0.2, 0.25) is 0 Å². The lowest BCUT2D eigenvalue weighted by molar-refractivity contribution is 0.0982. The van der Waals surface area contributed by atoms with Crippen LogP contribution in [-0.4, -0.2) is 30.0 Å². The van der Waals surface area contributed by atoms with E-state index in [2.05, 4.69) is 55.8 Å². The molecule has 1 fully saturated rings. The topological polar surface area (TPSA) is 39.1 Å². The van der Waals surface area contributed by atoms with Crippen molar-refractivity contribution >= 4 is 8.32 Å². The average molecular weight is 324 g/mol. The third kappa shape index (κ3) is 4.21. The second-order valence-electron chi connectivity index (χ2n) is 8.14. The molecule has 1 aliphatic carbocycles. The smallest absolute Gasteiger partial charge is 0.192 e. The molecule has 126 valence electrons. The molecule has 1 aromatic rings. The fourth-order valence-corrected chi connectivity index (χ4v) is 4.21. The van der Waals surface area contributed by atoms with Crippen LogP contribution in [0.3, 0.4) is 0 Å². The summed E-state index contributed by atoms with van der Waals surface area (Å²) in [7, 11) is 0.349. The largest absolute Gasteiger partial charge is 0.412 e. The van der Waals surface area contributed by atoms with Gasteiger partial charge in [0, 0.05) is 25.5 Å². The van der Waals surface area contributed by atoms with Crippen LogP contribution in [0.2, 0.25) is 18.1 Å².